The molecule has 53 heavy (non-hydrogen) atoms. The summed E-state index contributed by atoms with van der Waals surface area (Å²) in [6.07, 6.45) is -4.79. The first-order chi connectivity index (χ1) is 25.2. The van der Waals surface area contributed by atoms with Gasteiger partial charge in [0.1, 0.15) is 21.8 Å². The van der Waals surface area contributed by atoms with Crippen LogP contribution in [0.1, 0.15) is 21.6 Å². The summed E-state index contributed by atoms with van der Waals surface area (Å²) in [4.78, 5) is 26.0. The first-order valence-corrected chi connectivity index (χ1v) is 18.3. The summed E-state index contributed by atoms with van der Waals surface area (Å²) in [6.45, 7) is 0. The number of alkyl halides is 3. The van der Waals surface area contributed by atoms with Crippen molar-refractivity contribution in [2.45, 2.75) is 22.8 Å². The molecule has 0 saturated heterocycles. The van der Waals surface area contributed by atoms with E-state index in [-0.39, 0.29) is 37.5 Å². The van der Waals surface area contributed by atoms with Gasteiger partial charge in [-0.1, -0.05) is 72.3 Å². The molecule has 0 fully saturated rings. The number of nitrogens with zero attached hydrogens (tertiary/aromatic N) is 2. The Labute approximate surface area is 310 Å². The molecule has 1 atom stereocenters. The maximum absolute atomic E-state index is 13.5. The quantitative estimate of drug-likeness (QED) is 0.113. The molecular weight excluding hydrogens is 753 g/mol. The zero-order chi connectivity index (χ0) is 37.9. The predicted octanol–water partition coefficient (Wildman–Crippen LogP) is 8.51. The lowest BCUT2D eigenvalue weighted by Crippen LogP contribution is -2.42. The minimum atomic E-state index is -4.69. The van der Waals surface area contributed by atoms with Crippen LogP contribution >= 0.6 is 22.9 Å². The molecule has 3 N–H and O–H groups in total. The van der Waals surface area contributed by atoms with Crippen LogP contribution in [0.25, 0.3) is 21.7 Å². The molecule has 0 aliphatic rings. The Kier molecular flexibility index (Phi) is 10.6. The van der Waals surface area contributed by atoms with Gasteiger partial charge in [-0.2, -0.15) is 18.3 Å². The van der Waals surface area contributed by atoms with Gasteiger partial charge in [-0.15, -0.1) is 11.3 Å². The average Bonchev–Trinajstić information content (AvgIpc) is 3.77. The van der Waals surface area contributed by atoms with E-state index in [2.05, 4.69) is 15.1 Å². The fourth-order valence-corrected chi connectivity index (χ4v) is 7.93. The van der Waals surface area contributed by atoms with Gasteiger partial charge in [-0.25, -0.2) is 13.2 Å². The number of rotatable bonds is 12. The standard InChI is InChI=1S/C37H28ClF3N4O6S2/c1-45-30(21-33(43-45)37(39,40)41)32-17-18-34(52-32)53(49,50)44-28-16-15-24(38)20-27(28)35(46)42-29(36(47)48)19-22-11-13-23(14-12-22)26-9-5-6-10-31(26)51-25-7-3-2-4-8-25/h2-18,20-21,29,44H,19H2,1H3,(H,42,46)(H,47,48). The molecule has 1 unspecified atom stereocenters. The number of ether oxygens (including phenoxy) is 1. The number of aromatic nitrogens is 2. The van der Waals surface area contributed by atoms with E-state index in [1.54, 1.807) is 12.1 Å². The van der Waals surface area contributed by atoms with Gasteiger partial charge in [0.2, 0.25) is 0 Å². The van der Waals surface area contributed by atoms with E-state index >= 15 is 0 Å². The van der Waals surface area contributed by atoms with Crippen molar-refractivity contribution >= 4 is 50.5 Å². The Morgan fingerprint density at radius 1 is 0.943 bits per heavy atom. The lowest BCUT2D eigenvalue weighted by Gasteiger charge is -2.17. The molecule has 4 aromatic carbocycles. The van der Waals surface area contributed by atoms with Gasteiger partial charge in [-0.05, 0) is 65.7 Å². The largest absolute Gasteiger partial charge is 0.480 e. The number of halogens is 4. The maximum Gasteiger partial charge on any atom is 0.435 e. The lowest BCUT2D eigenvalue weighted by molar-refractivity contribution is -0.141. The first kappa shape index (κ1) is 37.1. The van der Waals surface area contributed by atoms with Crippen LogP contribution in [0.5, 0.6) is 11.5 Å². The third-order valence-corrected chi connectivity index (χ3v) is 11.1. The van der Waals surface area contributed by atoms with Gasteiger partial charge in [0, 0.05) is 24.1 Å². The molecule has 0 aliphatic heterocycles. The third-order valence-electron chi connectivity index (χ3n) is 7.91. The number of aliphatic carboxylic acids is 1. The van der Waals surface area contributed by atoms with E-state index in [4.69, 9.17) is 16.3 Å². The number of thiophene rings is 1. The summed E-state index contributed by atoms with van der Waals surface area (Å²) >= 11 is 6.84. The van der Waals surface area contributed by atoms with Crippen LogP contribution in [0.15, 0.2) is 119 Å². The number of carbonyl (C=O) groups excluding carboxylic acids is 1. The van der Waals surface area contributed by atoms with E-state index < -0.39 is 39.8 Å². The number of carboxylic acid groups (broad SMARTS) is 1. The Morgan fingerprint density at radius 3 is 2.32 bits per heavy atom. The molecule has 0 saturated carbocycles. The highest BCUT2D eigenvalue weighted by atomic mass is 35.5. The number of hydrogen-bond donors (Lipinski definition) is 3. The monoisotopic (exact) mass is 780 g/mol. The Morgan fingerprint density at radius 2 is 1.64 bits per heavy atom. The van der Waals surface area contributed by atoms with Crippen LogP contribution in [-0.4, -0.2) is 41.2 Å². The molecular formula is C37H28ClF3N4O6S2. The Hall–Kier alpha value is -5.64. The molecule has 6 aromatic rings. The fraction of sp³-hybridized carbons (Fsp3) is 0.108. The van der Waals surface area contributed by atoms with Crippen molar-refractivity contribution in [3.05, 3.63) is 137 Å². The van der Waals surface area contributed by atoms with Crippen molar-refractivity contribution in [2.24, 2.45) is 7.05 Å². The third kappa shape index (κ3) is 8.71. The number of nitrogens with one attached hydrogen (secondary N) is 2. The Balaban J connectivity index is 1.18. The number of anilines is 1. The van der Waals surface area contributed by atoms with Crippen LogP contribution < -0.4 is 14.8 Å². The van der Waals surface area contributed by atoms with Gasteiger partial charge in [0.15, 0.2) is 5.69 Å². The van der Waals surface area contributed by atoms with E-state index in [0.717, 1.165) is 21.9 Å². The second-order valence-corrected chi connectivity index (χ2v) is 15.1. The molecule has 10 nitrogen and oxygen atoms in total. The number of benzene rings is 4. The molecule has 0 spiro atoms. The molecule has 0 aliphatic carbocycles. The van der Waals surface area contributed by atoms with Crippen molar-refractivity contribution in [3.63, 3.8) is 0 Å². The molecule has 0 bridgehead atoms. The number of carboxylic acids is 1. The van der Waals surface area contributed by atoms with Crippen LogP contribution in [-0.2, 0) is 34.5 Å². The molecule has 272 valence electrons. The maximum atomic E-state index is 13.5. The Bertz CT molecular complexity index is 2400. The lowest BCUT2D eigenvalue weighted by atomic mass is 9.99. The van der Waals surface area contributed by atoms with E-state index in [1.807, 2.05) is 66.7 Å². The van der Waals surface area contributed by atoms with Crippen molar-refractivity contribution in [3.8, 4) is 33.2 Å². The summed E-state index contributed by atoms with van der Waals surface area (Å²) in [5.74, 6) is -0.951. The number of para-hydroxylation sites is 2. The second kappa shape index (κ2) is 15.1. The van der Waals surface area contributed by atoms with E-state index in [1.165, 1.54) is 37.4 Å². The number of hydrogen-bond acceptors (Lipinski definition) is 7. The molecule has 16 heteroatoms. The summed E-state index contributed by atoms with van der Waals surface area (Å²) < 4.78 is 75.5. The highest BCUT2D eigenvalue weighted by molar-refractivity contribution is 7.94. The average molecular weight is 781 g/mol. The van der Waals surface area contributed by atoms with Crippen LogP contribution in [0.3, 0.4) is 0 Å². The highest BCUT2D eigenvalue weighted by Gasteiger charge is 2.35. The van der Waals surface area contributed by atoms with Crippen LogP contribution in [0.2, 0.25) is 5.02 Å². The second-order valence-electron chi connectivity index (χ2n) is 11.6. The molecule has 0 radical (unpaired) electrons. The zero-order valence-electron chi connectivity index (χ0n) is 27.5. The molecule has 1 amide bonds. The normalized spacial score (nSPS) is 12.2. The molecule has 2 heterocycles. The number of sulfonamides is 1. The minimum absolute atomic E-state index is 0.0478. The van der Waals surface area contributed by atoms with Crippen LogP contribution in [0.4, 0.5) is 18.9 Å². The summed E-state index contributed by atoms with van der Waals surface area (Å²) in [7, 11) is -3.07. The van der Waals surface area contributed by atoms with Gasteiger partial charge in [0.05, 0.1) is 21.8 Å². The van der Waals surface area contributed by atoms with E-state index in [9.17, 15) is 36.3 Å². The number of carbonyl (C=O) groups is 2. The van der Waals surface area contributed by atoms with Crippen molar-refractivity contribution in [2.75, 3.05) is 4.72 Å². The summed E-state index contributed by atoms with van der Waals surface area (Å²) in [5.41, 5.74) is 0.688. The number of aryl methyl sites for hydroxylation is 1. The zero-order valence-corrected chi connectivity index (χ0v) is 29.9. The van der Waals surface area contributed by atoms with Crippen LogP contribution in [0, 0.1) is 0 Å². The van der Waals surface area contributed by atoms with Gasteiger partial charge in [-0.3, -0.25) is 14.2 Å². The smallest absolute Gasteiger partial charge is 0.435 e. The SMILES string of the molecule is Cn1nc(C(F)(F)F)cc1-c1ccc(S(=O)(=O)Nc2ccc(Cl)cc2C(=O)NC(Cc2ccc(-c3ccccc3Oc3ccccc3)cc2)C(=O)O)s1. The molecule has 2 aromatic heterocycles. The minimum Gasteiger partial charge on any atom is -0.480 e. The van der Waals surface area contributed by atoms with Gasteiger partial charge in [0.25, 0.3) is 15.9 Å². The van der Waals surface area contributed by atoms with Gasteiger partial charge >= 0.3 is 12.1 Å². The summed E-state index contributed by atoms with van der Waals surface area (Å²) in [6, 6.07) is 29.6. The fourth-order valence-electron chi connectivity index (χ4n) is 5.33. The predicted molar refractivity (Wildman–Crippen MR) is 195 cm³/mol. The first-order valence-electron chi connectivity index (χ1n) is 15.7. The number of amides is 1. The van der Waals surface area contributed by atoms with E-state index in [0.29, 0.717) is 28.4 Å². The molecule has 6 rings (SSSR count). The van der Waals surface area contributed by atoms with Crippen molar-refractivity contribution in [1.82, 2.24) is 15.1 Å². The van der Waals surface area contributed by atoms with Crippen molar-refractivity contribution < 1.29 is 41.0 Å². The topological polar surface area (TPSA) is 140 Å². The van der Waals surface area contributed by atoms with Gasteiger partial charge < -0.3 is 15.2 Å². The highest BCUT2D eigenvalue weighted by Crippen LogP contribution is 2.37. The van der Waals surface area contributed by atoms with Crippen molar-refractivity contribution in [1.29, 1.82) is 0 Å². The summed E-state index contributed by atoms with van der Waals surface area (Å²) in [5, 5.41) is 16.0.